The summed E-state index contributed by atoms with van der Waals surface area (Å²) >= 11 is 0. The number of piperidine rings is 1. The van der Waals surface area contributed by atoms with Gasteiger partial charge in [-0.1, -0.05) is 6.92 Å². The van der Waals surface area contributed by atoms with E-state index in [-0.39, 0.29) is 17.4 Å². The zero-order chi connectivity index (χ0) is 22.4. The molecule has 3 rings (SSSR count). The van der Waals surface area contributed by atoms with Gasteiger partial charge in [-0.2, -0.15) is 0 Å². The van der Waals surface area contributed by atoms with Crippen LogP contribution in [0.4, 0.5) is 0 Å². The van der Waals surface area contributed by atoms with E-state index in [0.717, 1.165) is 12.8 Å². The van der Waals surface area contributed by atoms with Crippen molar-refractivity contribution in [2.45, 2.75) is 19.8 Å². The van der Waals surface area contributed by atoms with Crippen molar-refractivity contribution < 1.29 is 28.2 Å². The molecule has 0 bridgehead atoms. The fourth-order valence-electron chi connectivity index (χ4n) is 3.64. The summed E-state index contributed by atoms with van der Waals surface area (Å²) in [4.78, 5) is 27.7. The molecule has 0 aliphatic carbocycles. The molecular weight excluding hydrogens is 400 g/mol. The number of ether oxygens (including phenoxy) is 3. The lowest BCUT2D eigenvalue weighted by atomic mass is 10.00. The molecule has 2 heterocycles. The van der Waals surface area contributed by atoms with Gasteiger partial charge >= 0.3 is 0 Å². The van der Waals surface area contributed by atoms with E-state index in [1.54, 1.807) is 35.2 Å². The lowest BCUT2D eigenvalue weighted by molar-refractivity contribution is -0.129. The molecule has 2 amide bonds. The van der Waals surface area contributed by atoms with Crippen molar-refractivity contribution in [1.29, 1.82) is 0 Å². The van der Waals surface area contributed by atoms with Crippen LogP contribution in [0, 0.1) is 5.92 Å². The number of rotatable bonds is 7. The molecule has 1 N–H and O–H groups in total. The predicted molar refractivity (Wildman–Crippen MR) is 115 cm³/mol. The molecule has 31 heavy (non-hydrogen) atoms. The zero-order valence-corrected chi connectivity index (χ0v) is 18.3. The molecule has 8 nitrogen and oxygen atoms in total. The van der Waals surface area contributed by atoms with Crippen molar-refractivity contribution in [3.63, 3.8) is 0 Å². The molecule has 0 saturated carbocycles. The molecule has 1 unspecified atom stereocenters. The van der Waals surface area contributed by atoms with E-state index in [0.29, 0.717) is 41.8 Å². The summed E-state index contributed by atoms with van der Waals surface area (Å²) in [6.45, 7) is 3.40. The number of nitrogens with one attached hydrogen (secondary N) is 1. The number of hydrogen-bond acceptors (Lipinski definition) is 6. The minimum absolute atomic E-state index is 0.121. The average Bonchev–Trinajstić information content (AvgIpc) is 3.32. The van der Waals surface area contributed by atoms with Gasteiger partial charge in [0.25, 0.3) is 11.8 Å². The Labute approximate surface area is 181 Å². The molecule has 1 aliphatic heterocycles. The third-order valence-electron chi connectivity index (χ3n) is 5.17. The first-order chi connectivity index (χ1) is 15.0. The number of carbonyl (C=O) groups excluding carboxylic acids is 2. The molecule has 1 fully saturated rings. The highest BCUT2D eigenvalue weighted by molar-refractivity contribution is 6.04. The summed E-state index contributed by atoms with van der Waals surface area (Å²) in [7, 11) is 4.56. The van der Waals surface area contributed by atoms with Crippen LogP contribution < -0.4 is 19.5 Å². The van der Waals surface area contributed by atoms with Gasteiger partial charge in [-0.25, -0.2) is 0 Å². The summed E-state index contributed by atoms with van der Waals surface area (Å²) in [6.07, 6.45) is 5.02. The molecule has 1 aromatic heterocycles. The van der Waals surface area contributed by atoms with Crippen molar-refractivity contribution in [2.75, 3.05) is 34.4 Å². The van der Waals surface area contributed by atoms with Gasteiger partial charge in [-0.05, 0) is 54.7 Å². The maximum absolute atomic E-state index is 13.3. The van der Waals surface area contributed by atoms with Crippen LogP contribution in [0.5, 0.6) is 17.2 Å². The summed E-state index contributed by atoms with van der Waals surface area (Å²) in [5.41, 5.74) is 0.757. The van der Waals surface area contributed by atoms with Crippen molar-refractivity contribution in [3.05, 3.63) is 47.5 Å². The fraction of sp³-hybridized carbons (Fsp3) is 0.391. The average molecular weight is 428 g/mol. The maximum atomic E-state index is 13.3. The molecule has 0 radical (unpaired) electrons. The number of benzene rings is 1. The third-order valence-corrected chi connectivity index (χ3v) is 5.17. The van der Waals surface area contributed by atoms with Crippen molar-refractivity contribution in [2.24, 2.45) is 5.92 Å². The molecule has 166 valence electrons. The zero-order valence-electron chi connectivity index (χ0n) is 18.3. The van der Waals surface area contributed by atoms with Gasteiger partial charge in [-0.15, -0.1) is 0 Å². The molecule has 8 heteroatoms. The SMILES string of the molecule is COc1cc(C=C(NC(=O)c2ccco2)C(=O)N2CCCC(C)C2)cc(OC)c1OC. The van der Waals surface area contributed by atoms with Gasteiger partial charge in [0.2, 0.25) is 5.75 Å². The van der Waals surface area contributed by atoms with E-state index >= 15 is 0 Å². The van der Waals surface area contributed by atoms with E-state index in [9.17, 15) is 9.59 Å². The van der Waals surface area contributed by atoms with Gasteiger partial charge in [0.1, 0.15) is 5.70 Å². The normalized spacial score (nSPS) is 16.6. The van der Waals surface area contributed by atoms with Crippen LogP contribution in [0.15, 0.2) is 40.6 Å². The Kier molecular flexibility index (Phi) is 7.23. The van der Waals surface area contributed by atoms with E-state index in [2.05, 4.69) is 12.2 Å². The molecule has 2 aromatic rings. The van der Waals surface area contributed by atoms with Gasteiger partial charge in [0, 0.05) is 13.1 Å². The number of hydrogen-bond donors (Lipinski definition) is 1. The Morgan fingerprint density at radius 2 is 1.87 bits per heavy atom. The first-order valence-corrected chi connectivity index (χ1v) is 10.1. The summed E-state index contributed by atoms with van der Waals surface area (Å²) in [5, 5.41) is 2.71. The van der Waals surface area contributed by atoms with Crippen LogP contribution in [0.1, 0.15) is 35.9 Å². The van der Waals surface area contributed by atoms with Gasteiger partial charge in [0.15, 0.2) is 17.3 Å². The Bertz CT molecular complexity index is 926. The summed E-state index contributed by atoms with van der Waals surface area (Å²) in [5.74, 6) is 1.12. The minimum Gasteiger partial charge on any atom is -0.493 e. The Morgan fingerprint density at radius 3 is 2.42 bits per heavy atom. The second-order valence-electron chi connectivity index (χ2n) is 7.45. The highest BCUT2D eigenvalue weighted by Crippen LogP contribution is 2.38. The van der Waals surface area contributed by atoms with Gasteiger partial charge in [-0.3, -0.25) is 9.59 Å². The Hall–Kier alpha value is -3.42. The van der Waals surface area contributed by atoms with Crippen LogP contribution in [0.25, 0.3) is 6.08 Å². The number of nitrogens with zero attached hydrogens (tertiary/aromatic N) is 1. The summed E-state index contributed by atoms with van der Waals surface area (Å²) < 4.78 is 21.3. The maximum Gasteiger partial charge on any atom is 0.291 e. The van der Waals surface area contributed by atoms with Crippen LogP contribution in [-0.4, -0.2) is 51.1 Å². The predicted octanol–water partition coefficient (Wildman–Crippen LogP) is 3.33. The smallest absolute Gasteiger partial charge is 0.291 e. The third kappa shape index (κ3) is 5.20. The van der Waals surface area contributed by atoms with Gasteiger partial charge < -0.3 is 28.8 Å². The van der Waals surface area contributed by atoms with E-state index in [1.165, 1.54) is 27.6 Å². The van der Waals surface area contributed by atoms with E-state index in [1.807, 2.05) is 0 Å². The number of amides is 2. The standard InChI is InChI=1S/C23H28N2O6/c1-15-7-5-9-25(14-15)23(27)17(24-22(26)18-8-6-10-31-18)11-16-12-19(28-2)21(30-4)20(13-16)29-3/h6,8,10-13,15H,5,7,9,14H2,1-4H3,(H,24,26). The fourth-order valence-corrected chi connectivity index (χ4v) is 3.64. The van der Waals surface area contributed by atoms with Crippen LogP contribution in [0.3, 0.4) is 0 Å². The quantitative estimate of drug-likeness (QED) is 0.681. The number of likely N-dealkylation sites (tertiary alicyclic amines) is 1. The Morgan fingerprint density at radius 1 is 1.16 bits per heavy atom. The van der Waals surface area contributed by atoms with Gasteiger partial charge in [0.05, 0.1) is 27.6 Å². The number of methoxy groups -OCH3 is 3. The van der Waals surface area contributed by atoms with Crippen LogP contribution >= 0.6 is 0 Å². The van der Waals surface area contributed by atoms with Crippen molar-refractivity contribution in [3.8, 4) is 17.2 Å². The number of carbonyl (C=O) groups is 2. The highest BCUT2D eigenvalue weighted by atomic mass is 16.5. The molecule has 1 atom stereocenters. The molecule has 1 saturated heterocycles. The number of furan rings is 1. The molecule has 1 aromatic carbocycles. The first kappa shape index (κ1) is 22.3. The monoisotopic (exact) mass is 428 g/mol. The second kappa shape index (κ2) is 10.1. The first-order valence-electron chi connectivity index (χ1n) is 10.1. The van der Waals surface area contributed by atoms with Crippen LogP contribution in [0.2, 0.25) is 0 Å². The van der Waals surface area contributed by atoms with E-state index in [4.69, 9.17) is 18.6 Å². The molecular formula is C23H28N2O6. The molecule has 1 aliphatic rings. The lowest BCUT2D eigenvalue weighted by Gasteiger charge is -2.31. The minimum atomic E-state index is -0.498. The van der Waals surface area contributed by atoms with Crippen LogP contribution in [-0.2, 0) is 4.79 Å². The van der Waals surface area contributed by atoms with Crippen molar-refractivity contribution in [1.82, 2.24) is 10.2 Å². The highest BCUT2D eigenvalue weighted by Gasteiger charge is 2.26. The Balaban J connectivity index is 1.99. The largest absolute Gasteiger partial charge is 0.493 e. The lowest BCUT2D eigenvalue weighted by Crippen LogP contribution is -2.43. The van der Waals surface area contributed by atoms with Crippen molar-refractivity contribution >= 4 is 17.9 Å². The topological polar surface area (TPSA) is 90.2 Å². The molecule has 0 spiro atoms. The van der Waals surface area contributed by atoms with E-state index < -0.39 is 5.91 Å². The summed E-state index contributed by atoms with van der Waals surface area (Å²) in [6, 6.07) is 6.59. The second-order valence-corrected chi connectivity index (χ2v) is 7.45.